The summed E-state index contributed by atoms with van der Waals surface area (Å²) in [7, 11) is 3.62. The minimum atomic E-state index is 0.456. The first-order chi connectivity index (χ1) is 13.9. The number of hydrogen-bond acceptors (Lipinski definition) is 10. The van der Waals surface area contributed by atoms with E-state index in [9.17, 15) is 4.79 Å². The van der Waals surface area contributed by atoms with E-state index in [1.54, 1.807) is 28.9 Å². The number of allylic oxidation sites excluding steroid dienone is 1. The van der Waals surface area contributed by atoms with Crippen LogP contribution in [-0.4, -0.2) is 39.1 Å². The van der Waals surface area contributed by atoms with Gasteiger partial charge >= 0.3 is 0 Å². The molecule has 0 bridgehead atoms. The number of thiazole rings is 1. The van der Waals surface area contributed by atoms with Crippen LogP contribution in [0.4, 0.5) is 5.82 Å². The lowest BCUT2D eigenvalue weighted by Crippen LogP contribution is -2.17. The zero-order valence-corrected chi connectivity index (χ0v) is 17.0. The van der Waals surface area contributed by atoms with Crippen molar-refractivity contribution in [2.45, 2.75) is 13.0 Å². The second-order valence-electron chi connectivity index (χ2n) is 6.41. The summed E-state index contributed by atoms with van der Waals surface area (Å²) in [5.41, 5.74) is 17.3. The number of nitrogen functional groups attached to an aromatic ring is 1. The molecule has 7 N–H and O–H groups in total. The lowest BCUT2D eigenvalue weighted by molar-refractivity contribution is 0.111. The Hall–Kier alpha value is -3.44. The van der Waals surface area contributed by atoms with Crippen molar-refractivity contribution in [1.82, 2.24) is 25.0 Å². The van der Waals surface area contributed by atoms with Crippen molar-refractivity contribution in [3.05, 3.63) is 52.1 Å². The molecule has 0 aliphatic heterocycles. The maximum absolute atomic E-state index is 11.6. The maximum Gasteiger partial charge on any atom is 0.167 e. The molecule has 0 unspecified atom stereocenters. The Morgan fingerprint density at radius 1 is 1.41 bits per heavy atom. The zero-order valence-electron chi connectivity index (χ0n) is 16.2. The predicted molar refractivity (Wildman–Crippen MR) is 115 cm³/mol. The molecule has 0 saturated carbocycles. The highest BCUT2D eigenvalue weighted by Gasteiger charge is 2.18. The number of pyridine rings is 1. The molecule has 11 heteroatoms. The van der Waals surface area contributed by atoms with Crippen LogP contribution in [0.1, 0.15) is 26.8 Å². The highest BCUT2D eigenvalue weighted by Crippen LogP contribution is 2.29. The minimum absolute atomic E-state index is 0.456. The van der Waals surface area contributed by atoms with Crippen molar-refractivity contribution in [3.8, 4) is 0 Å². The van der Waals surface area contributed by atoms with Gasteiger partial charge in [-0.3, -0.25) is 15.6 Å². The molecular weight excluding hydrogens is 390 g/mol. The van der Waals surface area contributed by atoms with Gasteiger partial charge in [0.15, 0.2) is 11.9 Å². The third-order valence-corrected chi connectivity index (χ3v) is 5.27. The summed E-state index contributed by atoms with van der Waals surface area (Å²) in [4.78, 5) is 20.5. The molecule has 3 aromatic rings. The van der Waals surface area contributed by atoms with E-state index in [0.717, 1.165) is 21.7 Å². The number of nitrogens with one attached hydrogen (secondary N) is 1. The number of anilines is 1. The number of nitrogens with two attached hydrogens (primary N) is 3. The van der Waals surface area contributed by atoms with Gasteiger partial charge in [-0.1, -0.05) is 6.07 Å². The number of aldehydes is 1. The van der Waals surface area contributed by atoms with Gasteiger partial charge in [0.1, 0.15) is 10.8 Å². The average molecular weight is 414 g/mol. The van der Waals surface area contributed by atoms with Crippen molar-refractivity contribution in [3.63, 3.8) is 0 Å². The van der Waals surface area contributed by atoms with Crippen molar-refractivity contribution in [2.24, 2.45) is 23.7 Å². The Kier molecular flexibility index (Phi) is 6.10. The van der Waals surface area contributed by atoms with E-state index in [4.69, 9.17) is 17.3 Å². The second kappa shape index (κ2) is 8.71. The summed E-state index contributed by atoms with van der Waals surface area (Å²) in [6.07, 6.45) is 4.45. The molecule has 0 amide bonds. The Morgan fingerprint density at radius 3 is 2.90 bits per heavy atom. The van der Waals surface area contributed by atoms with Crippen molar-refractivity contribution >= 4 is 40.0 Å². The normalized spacial score (nSPS) is 12.0. The molecule has 3 rings (SSSR count). The van der Waals surface area contributed by atoms with E-state index >= 15 is 0 Å². The van der Waals surface area contributed by atoms with Gasteiger partial charge in [0.2, 0.25) is 0 Å². The van der Waals surface area contributed by atoms with Crippen molar-refractivity contribution < 1.29 is 4.79 Å². The number of aryl methyl sites for hydroxylation is 1. The van der Waals surface area contributed by atoms with Crippen LogP contribution < -0.4 is 22.7 Å². The number of carbonyl (C=O) groups excluding carboxylic acids is 1. The van der Waals surface area contributed by atoms with Crippen LogP contribution in [0.5, 0.6) is 0 Å². The Labute approximate surface area is 171 Å². The molecule has 152 valence electrons. The molecule has 0 atom stereocenters. The summed E-state index contributed by atoms with van der Waals surface area (Å²) in [6.45, 7) is 0.481. The Bertz CT molecular complexity index is 1080. The molecule has 0 spiro atoms. The average Bonchev–Trinajstić information content (AvgIpc) is 3.17. The monoisotopic (exact) mass is 413 g/mol. The highest BCUT2D eigenvalue weighted by molar-refractivity contribution is 7.19. The summed E-state index contributed by atoms with van der Waals surface area (Å²) in [5.74, 6) is 5.72. The fourth-order valence-electron chi connectivity index (χ4n) is 2.86. The molecule has 3 aromatic heterocycles. The number of fused-ring (bicyclic) bond motifs is 1. The fourth-order valence-corrected chi connectivity index (χ4v) is 4.01. The van der Waals surface area contributed by atoms with Crippen LogP contribution >= 0.6 is 11.3 Å². The molecular formula is C18H23N9OS. The van der Waals surface area contributed by atoms with Crippen LogP contribution in [0.15, 0.2) is 35.2 Å². The first-order valence-electron chi connectivity index (χ1n) is 8.73. The number of hydrazine groups is 1. The van der Waals surface area contributed by atoms with Crippen LogP contribution in [-0.2, 0) is 20.0 Å². The molecule has 3 heterocycles. The van der Waals surface area contributed by atoms with Crippen LogP contribution in [0, 0.1) is 0 Å². The highest BCUT2D eigenvalue weighted by atomic mass is 32.1. The molecule has 10 nitrogen and oxygen atoms in total. The Balaban J connectivity index is 1.88. The first kappa shape index (κ1) is 20.3. The van der Waals surface area contributed by atoms with Gasteiger partial charge in [-0.15, -0.1) is 11.3 Å². The number of hydrazone groups is 1. The van der Waals surface area contributed by atoms with E-state index in [1.807, 2.05) is 19.2 Å². The molecule has 29 heavy (non-hydrogen) atoms. The standard InChI is InChI=1S/C18H23N9OS/c1-26(9-12-4-3-5-15(20)24-12)23-8-13-14(10-28)27(2)18-17(13)29-16(25-18)6-11(19)7-22-21/h3-5,7-8,10,22H,6,9,19,21H2,1-2H3,(H2,20,24)/b11-7-,23-8-. The molecule has 0 fully saturated rings. The molecule has 0 radical (unpaired) electrons. The number of rotatable bonds is 8. The molecule has 0 saturated heterocycles. The summed E-state index contributed by atoms with van der Waals surface area (Å²) >= 11 is 1.47. The number of aromatic nitrogens is 3. The van der Waals surface area contributed by atoms with Crippen LogP contribution in [0.25, 0.3) is 10.3 Å². The van der Waals surface area contributed by atoms with E-state index in [1.165, 1.54) is 17.5 Å². The predicted octanol–water partition coefficient (Wildman–Crippen LogP) is 0.696. The topological polar surface area (TPSA) is 153 Å². The van der Waals surface area contributed by atoms with Gasteiger partial charge in [-0.2, -0.15) is 5.10 Å². The smallest absolute Gasteiger partial charge is 0.167 e. The quantitative estimate of drug-likeness (QED) is 0.182. The second-order valence-corrected chi connectivity index (χ2v) is 7.50. The SMILES string of the molecule is CN(Cc1cccc(N)n1)/N=C\c1c(C=O)n(C)c2nc(C/C(N)=C/NN)sc12. The van der Waals surface area contributed by atoms with E-state index < -0.39 is 0 Å². The van der Waals surface area contributed by atoms with Gasteiger partial charge in [0, 0.05) is 38.0 Å². The minimum Gasteiger partial charge on any atom is -0.400 e. The summed E-state index contributed by atoms with van der Waals surface area (Å²) < 4.78 is 2.63. The molecule has 0 aliphatic carbocycles. The van der Waals surface area contributed by atoms with E-state index in [2.05, 4.69) is 20.5 Å². The number of carbonyl (C=O) groups is 1. The van der Waals surface area contributed by atoms with Gasteiger partial charge in [0.25, 0.3) is 0 Å². The van der Waals surface area contributed by atoms with Crippen molar-refractivity contribution in [2.75, 3.05) is 12.8 Å². The van der Waals surface area contributed by atoms with Crippen LogP contribution in [0.3, 0.4) is 0 Å². The van der Waals surface area contributed by atoms with E-state index in [-0.39, 0.29) is 0 Å². The number of nitrogens with zero attached hydrogens (tertiary/aromatic N) is 5. The summed E-state index contributed by atoms with van der Waals surface area (Å²) in [5, 5.41) is 7.01. The van der Waals surface area contributed by atoms with Gasteiger partial charge in [0.05, 0.1) is 28.8 Å². The maximum atomic E-state index is 11.6. The molecule has 0 aliphatic rings. The lowest BCUT2D eigenvalue weighted by atomic mass is 10.3. The molecule has 0 aromatic carbocycles. The van der Waals surface area contributed by atoms with Crippen molar-refractivity contribution in [1.29, 1.82) is 0 Å². The lowest BCUT2D eigenvalue weighted by Gasteiger charge is -2.12. The third-order valence-electron chi connectivity index (χ3n) is 4.19. The first-order valence-corrected chi connectivity index (χ1v) is 9.55. The third kappa shape index (κ3) is 4.52. The van der Waals surface area contributed by atoms with Gasteiger partial charge in [-0.25, -0.2) is 9.97 Å². The summed E-state index contributed by atoms with van der Waals surface area (Å²) in [6, 6.07) is 5.46. The zero-order chi connectivity index (χ0) is 21.0. The van der Waals surface area contributed by atoms with Gasteiger partial charge < -0.3 is 21.5 Å². The van der Waals surface area contributed by atoms with Crippen LogP contribution in [0.2, 0.25) is 0 Å². The fraction of sp³-hybridized carbons (Fsp3) is 0.222. The number of hydrogen-bond donors (Lipinski definition) is 4. The Morgan fingerprint density at radius 2 is 2.21 bits per heavy atom. The van der Waals surface area contributed by atoms with Gasteiger partial charge in [-0.05, 0) is 12.1 Å². The van der Waals surface area contributed by atoms with E-state index in [0.29, 0.717) is 41.4 Å². The largest absolute Gasteiger partial charge is 0.400 e.